The molecule has 1 aliphatic rings. The van der Waals surface area contributed by atoms with Gasteiger partial charge in [-0.05, 0) is 51.0 Å². The van der Waals surface area contributed by atoms with E-state index in [4.69, 9.17) is 5.10 Å². The lowest BCUT2D eigenvalue weighted by molar-refractivity contribution is 0.263. The summed E-state index contributed by atoms with van der Waals surface area (Å²) in [6.45, 7) is 11.3. The Balaban J connectivity index is 2.27. The zero-order valence-electron chi connectivity index (χ0n) is 14.4. The summed E-state index contributed by atoms with van der Waals surface area (Å²) in [4.78, 5) is 0. The standard InChI is InChI=1S/C18H33N3/c1-5-12-19-15(6-2)18-16(7-3)20-21(17(18)8-4)13-14-10-9-11-14/h14-15,19H,5-13H2,1-4H3. The Morgan fingerprint density at radius 2 is 1.95 bits per heavy atom. The molecular weight excluding hydrogens is 258 g/mol. The molecule has 3 nitrogen and oxygen atoms in total. The second-order valence-electron chi connectivity index (χ2n) is 6.41. The summed E-state index contributed by atoms with van der Waals surface area (Å²) in [5.41, 5.74) is 4.31. The molecule has 3 heteroatoms. The van der Waals surface area contributed by atoms with Crippen molar-refractivity contribution >= 4 is 0 Å². The van der Waals surface area contributed by atoms with Crippen molar-refractivity contribution in [3.8, 4) is 0 Å². The number of nitrogens with zero attached hydrogens (tertiary/aromatic N) is 2. The Morgan fingerprint density at radius 3 is 2.43 bits per heavy atom. The van der Waals surface area contributed by atoms with E-state index in [0.717, 1.165) is 38.3 Å². The minimum absolute atomic E-state index is 0.477. The van der Waals surface area contributed by atoms with E-state index in [-0.39, 0.29) is 0 Å². The van der Waals surface area contributed by atoms with Crippen molar-refractivity contribution in [1.29, 1.82) is 0 Å². The topological polar surface area (TPSA) is 29.9 Å². The lowest BCUT2D eigenvalue weighted by Crippen LogP contribution is -2.24. The smallest absolute Gasteiger partial charge is 0.0672 e. The lowest BCUT2D eigenvalue weighted by atomic mass is 9.85. The summed E-state index contributed by atoms with van der Waals surface area (Å²) in [6, 6.07) is 0.477. The van der Waals surface area contributed by atoms with Crippen molar-refractivity contribution < 1.29 is 0 Å². The summed E-state index contributed by atoms with van der Waals surface area (Å²) < 4.78 is 2.34. The van der Waals surface area contributed by atoms with Crippen LogP contribution in [0.5, 0.6) is 0 Å². The monoisotopic (exact) mass is 291 g/mol. The van der Waals surface area contributed by atoms with Gasteiger partial charge in [-0.2, -0.15) is 5.10 Å². The van der Waals surface area contributed by atoms with Crippen molar-refractivity contribution in [2.24, 2.45) is 5.92 Å². The molecule has 1 aromatic rings. The van der Waals surface area contributed by atoms with Crippen LogP contribution in [-0.4, -0.2) is 16.3 Å². The fourth-order valence-electron chi connectivity index (χ4n) is 3.44. The second kappa shape index (κ2) is 7.98. The summed E-state index contributed by atoms with van der Waals surface area (Å²) in [5, 5.41) is 8.70. The van der Waals surface area contributed by atoms with Crippen molar-refractivity contribution in [3.63, 3.8) is 0 Å². The maximum absolute atomic E-state index is 4.97. The van der Waals surface area contributed by atoms with Gasteiger partial charge in [0.15, 0.2) is 0 Å². The van der Waals surface area contributed by atoms with Gasteiger partial charge < -0.3 is 5.32 Å². The highest BCUT2D eigenvalue weighted by molar-refractivity contribution is 5.30. The number of hydrogen-bond acceptors (Lipinski definition) is 2. The molecular formula is C18H33N3. The third-order valence-corrected chi connectivity index (χ3v) is 4.90. The quantitative estimate of drug-likeness (QED) is 0.737. The highest BCUT2D eigenvalue weighted by atomic mass is 15.3. The fraction of sp³-hybridized carbons (Fsp3) is 0.833. The number of aryl methyl sites for hydroxylation is 1. The first-order valence-electron chi connectivity index (χ1n) is 9.06. The molecule has 0 saturated heterocycles. The number of rotatable bonds is 9. The summed E-state index contributed by atoms with van der Waals surface area (Å²) in [7, 11) is 0. The molecule has 1 unspecified atom stereocenters. The first kappa shape index (κ1) is 16.5. The SMILES string of the molecule is CCCNC(CC)c1c(CC)nn(CC2CCC2)c1CC. The van der Waals surface area contributed by atoms with Crippen LogP contribution in [0.25, 0.3) is 0 Å². The molecule has 2 rings (SSSR count). The molecule has 1 atom stereocenters. The normalized spacial score (nSPS) is 17.0. The molecule has 21 heavy (non-hydrogen) atoms. The minimum atomic E-state index is 0.477. The summed E-state index contributed by atoms with van der Waals surface area (Å²) >= 11 is 0. The first-order valence-corrected chi connectivity index (χ1v) is 9.06. The molecule has 1 N–H and O–H groups in total. The van der Waals surface area contributed by atoms with Crippen LogP contribution >= 0.6 is 0 Å². The predicted octanol–water partition coefficient (Wildman–Crippen LogP) is 4.26. The zero-order valence-corrected chi connectivity index (χ0v) is 14.4. The summed E-state index contributed by atoms with van der Waals surface area (Å²) in [5.74, 6) is 0.872. The molecule has 0 radical (unpaired) electrons. The number of nitrogens with one attached hydrogen (secondary N) is 1. The molecule has 1 saturated carbocycles. The van der Waals surface area contributed by atoms with Gasteiger partial charge >= 0.3 is 0 Å². The van der Waals surface area contributed by atoms with Crippen LogP contribution in [0, 0.1) is 5.92 Å². The van der Waals surface area contributed by atoms with Crippen LogP contribution in [-0.2, 0) is 19.4 Å². The van der Waals surface area contributed by atoms with Gasteiger partial charge in [0.05, 0.1) is 5.69 Å². The zero-order chi connectivity index (χ0) is 15.2. The molecule has 0 amide bonds. The van der Waals surface area contributed by atoms with Crippen molar-refractivity contribution in [3.05, 3.63) is 17.0 Å². The van der Waals surface area contributed by atoms with E-state index in [1.165, 1.54) is 42.6 Å². The molecule has 1 aromatic heterocycles. The summed E-state index contributed by atoms with van der Waals surface area (Å²) in [6.07, 6.45) is 8.68. The van der Waals surface area contributed by atoms with Gasteiger partial charge in [-0.15, -0.1) is 0 Å². The second-order valence-corrected chi connectivity index (χ2v) is 6.41. The van der Waals surface area contributed by atoms with Crippen molar-refractivity contribution in [2.45, 2.75) is 85.2 Å². The van der Waals surface area contributed by atoms with Gasteiger partial charge in [0.1, 0.15) is 0 Å². The van der Waals surface area contributed by atoms with Gasteiger partial charge in [-0.3, -0.25) is 4.68 Å². The van der Waals surface area contributed by atoms with Gasteiger partial charge in [-0.25, -0.2) is 0 Å². The Kier molecular flexibility index (Phi) is 6.28. The molecule has 120 valence electrons. The van der Waals surface area contributed by atoms with Crippen molar-refractivity contribution in [1.82, 2.24) is 15.1 Å². The Morgan fingerprint density at radius 1 is 1.19 bits per heavy atom. The minimum Gasteiger partial charge on any atom is -0.310 e. The van der Waals surface area contributed by atoms with Crippen LogP contribution in [0.3, 0.4) is 0 Å². The Labute approximate surface area is 130 Å². The Bertz CT molecular complexity index is 432. The van der Waals surface area contributed by atoms with Gasteiger partial charge in [-0.1, -0.05) is 34.1 Å². The number of aromatic nitrogens is 2. The average molecular weight is 291 g/mol. The van der Waals surface area contributed by atoms with E-state index in [1.807, 2.05) is 0 Å². The Hall–Kier alpha value is -0.830. The van der Waals surface area contributed by atoms with Crippen LogP contribution < -0.4 is 5.32 Å². The van der Waals surface area contributed by atoms with E-state index < -0.39 is 0 Å². The van der Waals surface area contributed by atoms with Gasteiger partial charge in [0.25, 0.3) is 0 Å². The van der Waals surface area contributed by atoms with Gasteiger partial charge in [0.2, 0.25) is 0 Å². The maximum atomic E-state index is 4.97. The molecule has 0 bridgehead atoms. The van der Waals surface area contributed by atoms with Crippen LogP contribution in [0.15, 0.2) is 0 Å². The van der Waals surface area contributed by atoms with E-state index >= 15 is 0 Å². The molecule has 1 aliphatic carbocycles. The van der Waals surface area contributed by atoms with E-state index in [9.17, 15) is 0 Å². The average Bonchev–Trinajstić information content (AvgIpc) is 2.81. The third-order valence-electron chi connectivity index (χ3n) is 4.90. The van der Waals surface area contributed by atoms with E-state index in [2.05, 4.69) is 37.7 Å². The number of hydrogen-bond donors (Lipinski definition) is 1. The first-order chi connectivity index (χ1) is 10.2. The van der Waals surface area contributed by atoms with Crippen LogP contribution in [0.2, 0.25) is 0 Å². The lowest BCUT2D eigenvalue weighted by Gasteiger charge is -2.26. The van der Waals surface area contributed by atoms with Crippen molar-refractivity contribution in [2.75, 3.05) is 6.54 Å². The molecule has 0 aliphatic heterocycles. The fourth-order valence-corrected chi connectivity index (χ4v) is 3.44. The predicted molar refractivity (Wildman–Crippen MR) is 89.6 cm³/mol. The third kappa shape index (κ3) is 3.68. The van der Waals surface area contributed by atoms with E-state index in [1.54, 1.807) is 0 Å². The van der Waals surface area contributed by atoms with Crippen LogP contribution in [0.1, 0.15) is 82.8 Å². The maximum Gasteiger partial charge on any atom is 0.0672 e. The largest absolute Gasteiger partial charge is 0.310 e. The van der Waals surface area contributed by atoms with Crippen LogP contribution in [0.4, 0.5) is 0 Å². The molecule has 1 fully saturated rings. The molecule has 0 aromatic carbocycles. The molecule has 0 spiro atoms. The van der Waals surface area contributed by atoms with E-state index in [0.29, 0.717) is 6.04 Å². The molecule has 1 heterocycles. The highest BCUT2D eigenvalue weighted by Crippen LogP contribution is 2.31. The van der Waals surface area contributed by atoms with Gasteiger partial charge in [0, 0.05) is 23.8 Å². The highest BCUT2D eigenvalue weighted by Gasteiger charge is 2.25.